The van der Waals surface area contributed by atoms with Gasteiger partial charge in [0.1, 0.15) is 0 Å². The van der Waals surface area contributed by atoms with Gasteiger partial charge < -0.3 is 5.32 Å². The first-order valence-corrected chi connectivity index (χ1v) is 5.75. The zero-order valence-corrected chi connectivity index (χ0v) is 9.96. The Morgan fingerprint density at radius 2 is 1.91 bits per heavy atom. The largest absolute Gasteiger partial charge is 0.349 e. The summed E-state index contributed by atoms with van der Waals surface area (Å²) >= 11 is 6.75. The molecule has 0 aliphatic carbocycles. The molecule has 2 nitrogen and oxygen atoms in total. The molecule has 1 N–H and O–H groups in total. The van der Waals surface area contributed by atoms with Crippen LogP contribution in [-0.2, 0) is 4.79 Å². The fraction of sp³-hybridized carbons (Fsp3) is 0.857. The molecule has 0 atom stereocenters. The van der Waals surface area contributed by atoms with E-state index in [0.29, 0.717) is 0 Å². The van der Waals surface area contributed by atoms with E-state index < -0.39 is 0 Å². The van der Waals surface area contributed by atoms with E-state index in [0.717, 1.165) is 17.1 Å². The van der Waals surface area contributed by atoms with Crippen molar-refractivity contribution in [1.29, 1.82) is 0 Å². The molecular formula is C7H13Br2NO. The van der Waals surface area contributed by atoms with E-state index in [1.54, 1.807) is 0 Å². The van der Waals surface area contributed by atoms with Crippen LogP contribution < -0.4 is 5.32 Å². The second kappa shape index (κ2) is 5.14. The Balaban J connectivity index is 4.16. The van der Waals surface area contributed by atoms with E-state index in [1.807, 2.05) is 0 Å². The fourth-order valence-corrected chi connectivity index (χ4v) is 2.76. The maximum Gasteiger partial charge on any atom is 0.217 e. The Morgan fingerprint density at radius 3 is 2.00 bits per heavy atom. The Kier molecular flexibility index (Phi) is 5.34. The van der Waals surface area contributed by atoms with Gasteiger partial charge in [0.25, 0.3) is 0 Å². The van der Waals surface area contributed by atoms with E-state index in [2.05, 4.69) is 44.1 Å². The van der Waals surface area contributed by atoms with Gasteiger partial charge in [-0.2, -0.15) is 0 Å². The summed E-state index contributed by atoms with van der Waals surface area (Å²) in [6, 6.07) is 0. The summed E-state index contributed by atoms with van der Waals surface area (Å²) in [5.74, 6) is 0.0192. The van der Waals surface area contributed by atoms with E-state index in [-0.39, 0.29) is 11.4 Å². The van der Waals surface area contributed by atoms with Gasteiger partial charge in [-0.3, -0.25) is 4.79 Å². The Morgan fingerprint density at radius 1 is 1.45 bits per heavy atom. The number of nitrogens with one attached hydrogen (secondary N) is 1. The molecule has 1 amide bonds. The average Bonchev–Trinajstić information content (AvgIpc) is 2.00. The summed E-state index contributed by atoms with van der Waals surface area (Å²) in [6.45, 7) is 3.59. The van der Waals surface area contributed by atoms with Crippen molar-refractivity contribution in [2.45, 2.75) is 25.8 Å². The molecule has 0 rings (SSSR count). The number of carbonyl (C=O) groups is 1. The van der Waals surface area contributed by atoms with Gasteiger partial charge in [0, 0.05) is 17.6 Å². The molecular weight excluding hydrogens is 274 g/mol. The number of hydrogen-bond donors (Lipinski definition) is 1. The van der Waals surface area contributed by atoms with Crippen molar-refractivity contribution in [1.82, 2.24) is 5.32 Å². The van der Waals surface area contributed by atoms with Gasteiger partial charge in [-0.15, -0.1) is 0 Å². The van der Waals surface area contributed by atoms with Crippen molar-refractivity contribution in [2.75, 3.05) is 10.7 Å². The van der Waals surface area contributed by atoms with Crippen LogP contribution in [0.3, 0.4) is 0 Å². The van der Waals surface area contributed by atoms with Crippen LogP contribution in [-0.4, -0.2) is 22.1 Å². The van der Waals surface area contributed by atoms with Crippen molar-refractivity contribution in [2.24, 2.45) is 0 Å². The molecule has 0 aliphatic heterocycles. The molecule has 0 spiro atoms. The predicted octanol–water partition coefficient (Wildman–Crippen LogP) is 2.06. The zero-order valence-electron chi connectivity index (χ0n) is 6.79. The highest BCUT2D eigenvalue weighted by molar-refractivity contribution is 9.09. The van der Waals surface area contributed by atoms with Crippen LogP contribution in [0, 0.1) is 0 Å². The molecule has 0 fully saturated rings. The first kappa shape index (κ1) is 11.4. The molecule has 0 unspecified atom stereocenters. The molecule has 0 saturated heterocycles. The molecule has 0 aromatic rings. The second-order valence-electron chi connectivity index (χ2n) is 2.58. The van der Waals surface area contributed by atoms with Crippen molar-refractivity contribution in [3.8, 4) is 0 Å². The van der Waals surface area contributed by atoms with Gasteiger partial charge in [0.2, 0.25) is 5.91 Å². The third kappa shape index (κ3) is 3.56. The molecule has 0 aliphatic rings. The van der Waals surface area contributed by atoms with Crippen LogP contribution in [0.1, 0.15) is 20.3 Å². The minimum absolute atomic E-state index is 0.0192. The van der Waals surface area contributed by atoms with Crippen LogP contribution in [0.15, 0.2) is 0 Å². The topological polar surface area (TPSA) is 29.1 Å². The highest BCUT2D eigenvalue weighted by Gasteiger charge is 2.25. The first-order chi connectivity index (χ1) is 5.10. The minimum Gasteiger partial charge on any atom is -0.349 e. The maximum absolute atomic E-state index is 10.8. The maximum atomic E-state index is 10.8. The highest BCUT2D eigenvalue weighted by Crippen LogP contribution is 2.16. The molecule has 4 heteroatoms. The Labute approximate surface area is 84.4 Å². The molecule has 11 heavy (non-hydrogen) atoms. The zero-order chi connectivity index (χ0) is 8.91. The molecule has 66 valence electrons. The third-order valence-corrected chi connectivity index (χ3v) is 3.78. The standard InChI is InChI=1S/C7H13Br2NO/c1-3-7(4-8,5-9)10-6(2)11/h3-5H2,1-2H3,(H,10,11). The first-order valence-electron chi connectivity index (χ1n) is 3.51. The van der Waals surface area contributed by atoms with Crippen LogP contribution in [0.5, 0.6) is 0 Å². The number of rotatable bonds is 4. The summed E-state index contributed by atoms with van der Waals surface area (Å²) < 4.78 is 0. The van der Waals surface area contributed by atoms with Crippen LogP contribution in [0.25, 0.3) is 0 Å². The monoisotopic (exact) mass is 285 g/mol. The third-order valence-electron chi connectivity index (χ3n) is 1.63. The van der Waals surface area contributed by atoms with Crippen LogP contribution in [0.4, 0.5) is 0 Å². The second-order valence-corrected chi connectivity index (χ2v) is 3.70. The molecule has 0 saturated carbocycles. The number of halogens is 2. The Hall–Kier alpha value is 0.430. The normalized spacial score (nSPS) is 11.3. The SMILES string of the molecule is CCC(CBr)(CBr)NC(C)=O. The van der Waals surface area contributed by atoms with Crippen molar-refractivity contribution in [3.05, 3.63) is 0 Å². The smallest absolute Gasteiger partial charge is 0.217 e. The van der Waals surface area contributed by atoms with Gasteiger partial charge in [-0.05, 0) is 6.42 Å². The summed E-state index contributed by atoms with van der Waals surface area (Å²) in [5.41, 5.74) is -0.119. The lowest BCUT2D eigenvalue weighted by Crippen LogP contribution is -2.50. The van der Waals surface area contributed by atoms with Gasteiger partial charge in [-0.25, -0.2) is 0 Å². The molecule has 0 aromatic heterocycles. The molecule has 0 bridgehead atoms. The molecule has 0 aromatic carbocycles. The average molecular weight is 287 g/mol. The van der Waals surface area contributed by atoms with Gasteiger partial charge in [0.15, 0.2) is 0 Å². The number of alkyl halides is 2. The van der Waals surface area contributed by atoms with Gasteiger partial charge in [0.05, 0.1) is 5.54 Å². The van der Waals surface area contributed by atoms with Crippen molar-refractivity contribution < 1.29 is 4.79 Å². The summed E-state index contributed by atoms with van der Waals surface area (Å²) in [6.07, 6.45) is 0.920. The fourth-order valence-electron chi connectivity index (χ4n) is 0.753. The summed E-state index contributed by atoms with van der Waals surface area (Å²) in [7, 11) is 0. The molecule has 0 radical (unpaired) electrons. The lowest BCUT2D eigenvalue weighted by molar-refractivity contribution is -0.120. The van der Waals surface area contributed by atoms with E-state index in [4.69, 9.17) is 0 Å². The van der Waals surface area contributed by atoms with Gasteiger partial charge >= 0.3 is 0 Å². The van der Waals surface area contributed by atoms with E-state index in [1.165, 1.54) is 6.92 Å². The van der Waals surface area contributed by atoms with E-state index in [9.17, 15) is 4.79 Å². The predicted molar refractivity (Wildman–Crippen MR) is 54.4 cm³/mol. The number of hydrogen-bond acceptors (Lipinski definition) is 1. The summed E-state index contributed by atoms with van der Waals surface area (Å²) in [5, 5.41) is 4.47. The van der Waals surface area contributed by atoms with Crippen molar-refractivity contribution in [3.63, 3.8) is 0 Å². The quantitative estimate of drug-likeness (QED) is 0.788. The lowest BCUT2D eigenvalue weighted by Gasteiger charge is -2.29. The van der Waals surface area contributed by atoms with E-state index >= 15 is 0 Å². The van der Waals surface area contributed by atoms with Crippen LogP contribution in [0.2, 0.25) is 0 Å². The number of amides is 1. The van der Waals surface area contributed by atoms with Crippen LogP contribution >= 0.6 is 31.9 Å². The highest BCUT2D eigenvalue weighted by atomic mass is 79.9. The van der Waals surface area contributed by atoms with Gasteiger partial charge in [-0.1, -0.05) is 38.8 Å². The lowest BCUT2D eigenvalue weighted by atomic mass is 10.0. The minimum atomic E-state index is -0.119. The Bertz CT molecular complexity index is 126. The molecule has 0 heterocycles. The number of carbonyl (C=O) groups excluding carboxylic acids is 1. The summed E-state index contributed by atoms with van der Waals surface area (Å²) in [4.78, 5) is 10.8. The van der Waals surface area contributed by atoms with Crippen molar-refractivity contribution >= 4 is 37.8 Å².